The van der Waals surface area contributed by atoms with Gasteiger partial charge in [-0.15, -0.1) is 6.58 Å². The first-order valence-corrected chi connectivity index (χ1v) is 5.95. The van der Waals surface area contributed by atoms with Gasteiger partial charge < -0.3 is 30.1 Å². The number of aliphatic hydroxyl groups excluding tert-OH is 3. The number of ether oxygens (including phenoxy) is 2. The number of amides is 1. The lowest BCUT2D eigenvalue weighted by Crippen LogP contribution is -2.65. The van der Waals surface area contributed by atoms with Crippen LogP contribution >= 0.6 is 0 Å². The molecule has 1 rings (SSSR count). The zero-order chi connectivity index (χ0) is 16.2. The zero-order valence-electron chi connectivity index (χ0n) is 10.8. The summed E-state index contributed by atoms with van der Waals surface area (Å²) in [6.07, 6.45) is -10.1. The van der Waals surface area contributed by atoms with Gasteiger partial charge in [-0.25, -0.2) is 0 Å². The summed E-state index contributed by atoms with van der Waals surface area (Å²) in [7, 11) is 0. The molecule has 7 nitrogen and oxygen atoms in total. The van der Waals surface area contributed by atoms with Crippen molar-refractivity contribution in [3.63, 3.8) is 0 Å². The van der Waals surface area contributed by atoms with E-state index in [1.165, 1.54) is 11.4 Å². The molecule has 0 aliphatic carbocycles. The fourth-order valence-corrected chi connectivity index (χ4v) is 1.77. The molecule has 0 spiro atoms. The van der Waals surface area contributed by atoms with Gasteiger partial charge in [0.15, 0.2) is 6.29 Å². The van der Waals surface area contributed by atoms with Crippen LogP contribution in [-0.4, -0.2) is 71.3 Å². The Morgan fingerprint density at radius 1 is 1.38 bits per heavy atom. The van der Waals surface area contributed by atoms with E-state index in [4.69, 9.17) is 14.6 Å². The van der Waals surface area contributed by atoms with Crippen LogP contribution in [0.2, 0.25) is 0 Å². The van der Waals surface area contributed by atoms with Crippen LogP contribution in [-0.2, 0) is 14.3 Å². The highest BCUT2D eigenvalue weighted by molar-refractivity contribution is 5.82. The molecule has 0 saturated carbocycles. The molecule has 5 atom stereocenters. The molecule has 1 amide bonds. The summed E-state index contributed by atoms with van der Waals surface area (Å²) in [5.74, 6) is -2.31. The van der Waals surface area contributed by atoms with Gasteiger partial charge >= 0.3 is 12.1 Å². The SMILES string of the molecule is C=CCO[C@H]1O[C@H](CO)[C@@H](O)[C@H](O)[C@H]1NC(=O)C(F)(F)F. The van der Waals surface area contributed by atoms with Gasteiger partial charge in [-0.05, 0) is 0 Å². The number of carbonyl (C=O) groups is 1. The Bertz CT molecular complexity index is 377. The number of hydrogen-bond acceptors (Lipinski definition) is 6. The minimum absolute atomic E-state index is 0.135. The van der Waals surface area contributed by atoms with Crippen molar-refractivity contribution in [3.8, 4) is 0 Å². The van der Waals surface area contributed by atoms with Crippen LogP contribution in [0.3, 0.4) is 0 Å². The molecular formula is C11H16F3NO6. The van der Waals surface area contributed by atoms with E-state index in [2.05, 4.69) is 6.58 Å². The van der Waals surface area contributed by atoms with E-state index in [0.717, 1.165) is 0 Å². The molecule has 1 saturated heterocycles. The highest BCUT2D eigenvalue weighted by atomic mass is 19.4. The quantitative estimate of drug-likeness (QED) is 0.469. The Balaban J connectivity index is 2.88. The molecule has 0 bridgehead atoms. The maximum atomic E-state index is 12.3. The first-order valence-electron chi connectivity index (χ1n) is 5.95. The Morgan fingerprint density at radius 3 is 2.48 bits per heavy atom. The van der Waals surface area contributed by atoms with Crippen LogP contribution in [0.5, 0.6) is 0 Å². The van der Waals surface area contributed by atoms with Crippen LogP contribution in [0.25, 0.3) is 0 Å². The third kappa shape index (κ3) is 4.38. The lowest BCUT2D eigenvalue weighted by molar-refractivity contribution is -0.269. The first-order chi connectivity index (χ1) is 9.72. The van der Waals surface area contributed by atoms with Crippen LogP contribution in [0, 0.1) is 0 Å². The van der Waals surface area contributed by atoms with E-state index in [-0.39, 0.29) is 6.61 Å². The molecule has 1 heterocycles. The predicted molar refractivity (Wildman–Crippen MR) is 61.9 cm³/mol. The Labute approximate surface area is 118 Å². The fraction of sp³-hybridized carbons (Fsp3) is 0.727. The van der Waals surface area contributed by atoms with E-state index in [1.807, 2.05) is 0 Å². The second kappa shape index (κ2) is 7.18. The number of hydrogen-bond donors (Lipinski definition) is 4. The van der Waals surface area contributed by atoms with Gasteiger partial charge in [0.05, 0.1) is 13.2 Å². The maximum absolute atomic E-state index is 12.3. The average molecular weight is 315 g/mol. The predicted octanol–water partition coefficient (Wildman–Crippen LogP) is -1.32. The van der Waals surface area contributed by atoms with Crippen molar-refractivity contribution in [1.29, 1.82) is 0 Å². The van der Waals surface area contributed by atoms with Gasteiger partial charge in [0.2, 0.25) is 0 Å². The van der Waals surface area contributed by atoms with Crippen LogP contribution in [0.1, 0.15) is 0 Å². The zero-order valence-corrected chi connectivity index (χ0v) is 10.8. The number of halogens is 3. The van der Waals surface area contributed by atoms with Crippen molar-refractivity contribution >= 4 is 5.91 Å². The summed E-state index contributed by atoms with van der Waals surface area (Å²) in [5.41, 5.74) is 0. The summed E-state index contributed by atoms with van der Waals surface area (Å²) in [5, 5.41) is 29.9. The monoisotopic (exact) mass is 315 g/mol. The molecule has 0 aromatic heterocycles. The van der Waals surface area contributed by atoms with Gasteiger partial charge in [-0.2, -0.15) is 13.2 Å². The summed E-state index contributed by atoms with van der Waals surface area (Å²) >= 11 is 0. The van der Waals surface area contributed by atoms with Crippen molar-refractivity contribution in [1.82, 2.24) is 5.32 Å². The normalized spacial score (nSPS) is 33.5. The number of aliphatic hydroxyl groups is 3. The minimum Gasteiger partial charge on any atom is -0.394 e. The summed E-state index contributed by atoms with van der Waals surface area (Å²) in [4.78, 5) is 10.9. The minimum atomic E-state index is -5.17. The van der Waals surface area contributed by atoms with Gasteiger partial charge in [0.25, 0.3) is 0 Å². The van der Waals surface area contributed by atoms with Crippen molar-refractivity contribution in [2.45, 2.75) is 36.8 Å². The van der Waals surface area contributed by atoms with Gasteiger partial charge in [0.1, 0.15) is 24.4 Å². The number of carbonyl (C=O) groups excluding carboxylic acids is 1. The molecule has 0 aromatic rings. The molecule has 0 radical (unpaired) electrons. The lowest BCUT2D eigenvalue weighted by Gasteiger charge is -2.42. The lowest BCUT2D eigenvalue weighted by atomic mass is 9.97. The maximum Gasteiger partial charge on any atom is 0.471 e. The number of nitrogens with one attached hydrogen (secondary N) is 1. The highest BCUT2D eigenvalue weighted by Gasteiger charge is 2.49. The Kier molecular flexibility index (Phi) is 6.10. The Hall–Kier alpha value is -1.20. The van der Waals surface area contributed by atoms with Crippen molar-refractivity contribution in [2.24, 2.45) is 0 Å². The van der Waals surface area contributed by atoms with E-state index >= 15 is 0 Å². The molecule has 1 fully saturated rings. The third-order valence-electron chi connectivity index (χ3n) is 2.81. The van der Waals surface area contributed by atoms with Crippen LogP contribution in [0.15, 0.2) is 12.7 Å². The van der Waals surface area contributed by atoms with Crippen molar-refractivity contribution in [2.75, 3.05) is 13.2 Å². The number of alkyl halides is 3. The molecule has 21 heavy (non-hydrogen) atoms. The smallest absolute Gasteiger partial charge is 0.394 e. The van der Waals surface area contributed by atoms with Gasteiger partial charge in [-0.3, -0.25) is 4.79 Å². The van der Waals surface area contributed by atoms with E-state index in [9.17, 15) is 28.2 Å². The number of rotatable bonds is 5. The second-order valence-corrected chi connectivity index (χ2v) is 4.33. The largest absolute Gasteiger partial charge is 0.471 e. The second-order valence-electron chi connectivity index (χ2n) is 4.33. The molecule has 1 aliphatic rings. The highest BCUT2D eigenvalue weighted by Crippen LogP contribution is 2.24. The summed E-state index contributed by atoms with van der Waals surface area (Å²) in [6, 6.07) is -1.66. The van der Waals surface area contributed by atoms with E-state index in [1.54, 1.807) is 0 Å². The van der Waals surface area contributed by atoms with E-state index < -0.39 is 49.3 Å². The van der Waals surface area contributed by atoms with Gasteiger partial charge in [-0.1, -0.05) is 6.08 Å². The van der Waals surface area contributed by atoms with E-state index in [0.29, 0.717) is 0 Å². The molecule has 122 valence electrons. The van der Waals surface area contributed by atoms with Crippen LogP contribution in [0.4, 0.5) is 13.2 Å². The molecular weight excluding hydrogens is 299 g/mol. The van der Waals surface area contributed by atoms with Crippen LogP contribution < -0.4 is 5.32 Å². The average Bonchev–Trinajstić information content (AvgIpc) is 2.41. The topological polar surface area (TPSA) is 108 Å². The molecule has 1 aliphatic heterocycles. The molecule has 0 unspecified atom stereocenters. The Morgan fingerprint density at radius 2 is 2.00 bits per heavy atom. The fourth-order valence-electron chi connectivity index (χ4n) is 1.77. The first kappa shape index (κ1) is 17.9. The summed E-state index contributed by atoms with van der Waals surface area (Å²) < 4.78 is 46.8. The molecule has 0 aromatic carbocycles. The molecule has 10 heteroatoms. The standard InChI is InChI=1S/C11H16F3NO6/c1-2-3-20-9-6(15-10(19)11(12,13)14)8(18)7(17)5(4-16)21-9/h2,5-9,16-18H,1,3-4H2,(H,15,19)/t5-,6-,7-,8-,9+/m1/s1. The summed E-state index contributed by atoms with van der Waals surface area (Å²) in [6.45, 7) is 2.51. The van der Waals surface area contributed by atoms with Crippen molar-refractivity contribution < 1.29 is 42.8 Å². The third-order valence-corrected chi connectivity index (χ3v) is 2.81. The molecule has 4 N–H and O–H groups in total. The van der Waals surface area contributed by atoms with Crippen molar-refractivity contribution in [3.05, 3.63) is 12.7 Å². The van der Waals surface area contributed by atoms with Gasteiger partial charge in [0, 0.05) is 0 Å².